The number of rotatable bonds is 15. The topological polar surface area (TPSA) is 0 Å². The molecule has 0 saturated carbocycles. The Bertz CT molecular complexity index is 234. The van der Waals surface area contributed by atoms with Gasteiger partial charge in [-0.1, -0.05) is 102 Å². The van der Waals surface area contributed by atoms with Crippen molar-refractivity contribution in [3.63, 3.8) is 0 Å². The van der Waals surface area contributed by atoms with Crippen LogP contribution in [0.1, 0.15) is 90.4 Å². The van der Waals surface area contributed by atoms with Gasteiger partial charge in [0.15, 0.2) is 0 Å². The molecule has 0 aromatic rings. The molecule has 0 aliphatic rings. The van der Waals surface area contributed by atoms with E-state index in [0.29, 0.717) is 0 Å². The van der Waals surface area contributed by atoms with Crippen LogP contribution in [0, 0.1) is 0 Å². The maximum Gasteiger partial charge on any atom is -0.0313 e. The Morgan fingerprint density at radius 2 is 1.10 bits per heavy atom. The minimum Gasteiger partial charge on any atom is -0.0991 e. The molecule has 0 fully saturated rings. The number of hydrogen-bond donors (Lipinski definition) is 0. The van der Waals surface area contributed by atoms with Crippen molar-refractivity contribution < 1.29 is 0 Å². The molecule has 0 aromatic heterocycles. The highest BCUT2D eigenvalue weighted by Crippen LogP contribution is 2.11. The van der Waals surface area contributed by atoms with Crippen molar-refractivity contribution in [1.82, 2.24) is 0 Å². The normalized spacial score (nSPS) is 11.7. The summed E-state index contributed by atoms with van der Waals surface area (Å²) in [5.74, 6) is 0. The Morgan fingerprint density at radius 3 is 1.70 bits per heavy atom. The van der Waals surface area contributed by atoms with Crippen molar-refractivity contribution in [3.05, 3.63) is 37.0 Å². The van der Waals surface area contributed by atoms with E-state index < -0.39 is 0 Å². The Labute approximate surface area is 128 Å². The molecule has 0 atom stereocenters. The average Bonchev–Trinajstić information content (AvgIpc) is 2.47. The van der Waals surface area contributed by atoms with Crippen molar-refractivity contribution in [2.75, 3.05) is 0 Å². The fourth-order valence-electron chi connectivity index (χ4n) is 2.37. The molecular weight excluding hydrogens is 240 g/mol. The summed E-state index contributed by atoms with van der Waals surface area (Å²) < 4.78 is 0. The van der Waals surface area contributed by atoms with Gasteiger partial charge in [-0.3, -0.25) is 0 Å². The molecule has 0 unspecified atom stereocenters. The predicted molar refractivity (Wildman–Crippen MR) is 94.2 cm³/mol. The van der Waals surface area contributed by atoms with Crippen LogP contribution in [0.4, 0.5) is 0 Å². The van der Waals surface area contributed by atoms with Crippen LogP contribution in [0.3, 0.4) is 0 Å². The van der Waals surface area contributed by atoms with Gasteiger partial charge >= 0.3 is 0 Å². The van der Waals surface area contributed by atoms with Crippen LogP contribution in [-0.2, 0) is 0 Å². The molecule has 0 N–H and O–H groups in total. The molecule has 0 amide bonds. The van der Waals surface area contributed by atoms with E-state index in [9.17, 15) is 0 Å². The summed E-state index contributed by atoms with van der Waals surface area (Å²) in [6.07, 6.45) is 28.6. The molecule has 0 rings (SSSR count). The smallest absolute Gasteiger partial charge is 0.0313 e. The van der Waals surface area contributed by atoms with Gasteiger partial charge in [0.1, 0.15) is 0 Å². The van der Waals surface area contributed by atoms with Crippen molar-refractivity contribution in [2.24, 2.45) is 0 Å². The van der Waals surface area contributed by atoms with Gasteiger partial charge in [0.25, 0.3) is 0 Å². The zero-order valence-electron chi connectivity index (χ0n) is 13.8. The van der Waals surface area contributed by atoms with Crippen molar-refractivity contribution in [2.45, 2.75) is 90.4 Å². The van der Waals surface area contributed by atoms with Crippen molar-refractivity contribution in [1.29, 1.82) is 0 Å². The molecule has 0 aliphatic carbocycles. The molecule has 0 aromatic carbocycles. The van der Waals surface area contributed by atoms with Gasteiger partial charge in [0.2, 0.25) is 0 Å². The molecule has 0 nitrogen and oxygen atoms in total. The second-order valence-electron chi connectivity index (χ2n) is 5.68. The lowest BCUT2D eigenvalue weighted by molar-refractivity contribution is 0.557. The zero-order chi connectivity index (χ0) is 14.7. The summed E-state index contributed by atoms with van der Waals surface area (Å²) >= 11 is 0. The number of allylic oxidation sites excluding steroid dienone is 5. The summed E-state index contributed by atoms with van der Waals surface area (Å²) in [6.45, 7) is 5.95. The van der Waals surface area contributed by atoms with E-state index in [1.807, 2.05) is 12.2 Å². The average molecular weight is 277 g/mol. The van der Waals surface area contributed by atoms with Gasteiger partial charge in [-0.2, -0.15) is 0 Å². The second kappa shape index (κ2) is 18.2. The van der Waals surface area contributed by atoms with Crippen LogP contribution in [0.25, 0.3) is 0 Å². The van der Waals surface area contributed by atoms with Crippen LogP contribution in [0.2, 0.25) is 0 Å². The first-order valence-electron chi connectivity index (χ1n) is 8.84. The summed E-state index contributed by atoms with van der Waals surface area (Å²) in [7, 11) is 0. The Kier molecular flexibility index (Phi) is 17.5. The molecular formula is C20H36. The maximum atomic E-state index is 3.66. The molecule has 20 heavy (non-hydrogen) atoms. The zero-order valence-corrected chi connectivity index (χ0v) is 13.8. The highest BCUT2D eigenvalue weighted by atomic mass is 14.0. The van der Waals surface area contributed by atoms with Crippen LogP contribution in [0.5, 0.6) is 0 Å². The van der Waals surface area contributed by atoms with E-state index in [0.717, 1.165) is 6.42 Å². The van der Waals surface area contributed by atoms with E-state index in [2.05, 4.69) is 31.7 Å². The first kappa shape index (κ1) is 19.2. The second-order valence-corrected chi connectivity index (χ2v) is 5.68. The van der Waals surface area contributed by atoms with Crippen LogP contribution < -0.4 is 0 Å². The lowest BCUT2D eigenvalue weighted by Crippen LogP contribution is -1.81. The highest BCUT2D eigenvalue weighted by molar-refractivity contribution is 4.98. The van der Waals surface area contributed by atoms with Gasteiger partial charge < -0.3 is 0 Å². The first-order valence-corrected chi connectivity index (χ1v) is 8.84. The van der Waals surface area contributed by atoms with Crippen molar-refractivity contribution in [3.8, 4) is 0 Å². The molecule has 0 spiro atoms. The van der Waals surface area contributed by atoms with Gasteiger partial charge in [-0.25, -0.2) is 0 Å². The van der Waals surface area contributed by atoms with E-state index in [1.165, 1.54) is 77.0 Å². The Morgan fingerprint density at radius 1 is 0.600 bits per heavy atom. The highest BCUT2D eigenvalue weighted by Gasteiger charge is 1.91. The van der Waals surface area contributed by atoms with Crippen LogP contribution in [-0.4, -0.2) is 0 Å². The number of unbranched alkanes of at least 4 members (excludes halogenated alkanes) is 11. The molecule has 0 heterocycles. The molecule has 0 radical (unpaired) electrons. The minimum absolute atomic E-state index is 1.14. The van der Waals surface area contributed by atoms with Crippen LogP contribution in [0.15, 0.2) is 37.0 Å². The largest absolute Gasteiger partial charge is 0.0991 e. The molecule has 0 aliphatic heterocycles. The molecule has 0 saturated heterocycles. The summed E-state index contributed by atoms with van der Waals surface area (Å²) in [5.41, 5.74) is 0. The lowest BCUT2D eigenvalue weighted by atomic mass is 10.1. The summed E-state index contributed by atoms with van der Waals surface area (Å²) in [5, 5.41) is 0. The maximum absolute atomic E-state index is 3.66. The molecule has 0 heteroatoms. The SMILES string of the molecule is C=CC=CCCC=CCCCCCCCCCCCC. The summed E-state index contributed by atoms with van der Waals surface area (Å²) in [6, 6.07) is 0. The van der Waals surface area contributed by atoms with Gasteiger partial charge in [-0.15, -0.1) is 0 Å². The van der Waals surface area contributed by atoms with Gasteiger partial charge in [-0.05, 0) is 25.7 Å². The standard InChI is InChI=1S/C20H36/c1-3-5-7-9-11-13-15-17-19-20-18-16-14-12-10-8-6-4-2/h3,5,7,13,15H,1,4,6,8-12,14,16-20H2,2H3. The Hall–Kier alpha value is -0.780. The third-order valence-electron chi connectivity index (χ3n) is 3.66. The van der Waals surface area contributed by atoms with E-state index >= 15 is 0 Å². The fourth-order valence-corrected chi connectivity index (χ4v) is 2.37. The van der Waals surface area contributed by atoms with Gasteiger partial charge in [0, 0.05) is 0 Å². The summed E-state index contributed by atoms with van der Waals surface area (Å²) in [4.78, 5) is 0. The first-order chi connectivity index (χ1) is 9.91. The monoisotopic (exact) mass is 276 g/mol. The van der Waals surface area contributed by atoms with Gasteiger partial charge in [0.05, 0.1) is 0 Å². The molecule has 0 bridgehead atoms. The third-order valence-corrected chi connectivity index (χ3v) is 3.66. The quantitative estimate of drug-likeness (QED) is 0.166. The van der Waals surface area contributed by atoms with Crippen LogP contribution >= 0.6 is 0 Å². The number of hydrogen-bond acceptors (Lipinski definition) is 0. The fraction of sp³-hybridized carbons (Fsp3) is 0.700. The van der Waals surface area contributed by atoms with E-state index in [1.54, 1.807) is 0 Å². The van der Waals surface area contributed by atoms with E-state index in [-0.39, 0.29) is 0 Å². The third kappa shape index (κ3) is 17.2. The predicted octanol–water partition coefficient (Wildman–Crippen LogP) is 7.38. The van der Waals surface area contributed by atoms with E-state index in [4.69, 9.17) is 0 Å². The van der Waals surface area contributed by atoms with Crippen molar-refractivity contribution >= 4 is 0 Å². The molecule has 116 valence electrons. The minimum atomic E-state index is 1.14. The Balaban J connectivity index is 3.07. The lowest BCUT2D eigenvalue weighted by Gasteiger charge is -2.01.